The number of carbonyl (C=O) groups is 2. The Hall–Kier alpha value is -2.15. The number of phenolic OH excluding ortho intramolecular Hbond substituents is 1. The number of hydrogen-bond donors (Lipinski definition) is 1. The van der Waals surface area contributed by atoms with E-state index in [0.29, 0.717) is 5.56 Å². The lowest BCUT2D eigenvalue weighted by Crippen LogP contribution is -2.55. The molecule has 1 N–H and O–H groups in total. The van der Waals surface area contributed by atoms with E-state index in [1.165, 1.54) is 24.0 Å². The number of phenols is 1. The summed E-state index contributed by atoms with van der Waals surface area (Å²) in [4.78, 5) is 26.6. The second-order valence-corrected chi connectivity index (χ2v) is 8.18. The van der Waals surface area contributed by atoms with Crippen LogP contribution in [0.25, 0.3) is 0 Å². The van der Waals surface area contributed by atoms with Gasteiger partial charge in [0.05, 0.1) is 0 Å². The third-order valence-electron chi connectivity index (χ3n) is 4.40. The molecule has 0 aliphatic carbocycles. The van der Waals surface area contributed by atoms with Crippen molar-refractivity contribution >= 4 is 11.9 Å². The van der Waals surface area contributed by atoms with Crippen LogP contribution in [0.15, 0.2) is 18.2 Å². The summed E-state index contributed by atoms with van der Waals surface area (Å²) in [5.41, 5.74) is -2.92. The number of amides is 1. The van der Waals surface area contributed by atoms with Crippen LogP contribution in [-0.4, -0.2) is 39.3 Å². The van der Waals surface area contributed by atoms with E-state index in [-0.39, 0.29) is 5.78 Å². The predicted molar refractivity (Wildman–Crippen MR) is 93.1 cm³/mol. The van der Waals surface area contributed by atoms with Crippen molar-refractivity contribution in [1.29, 1.82) is 0 Å². The van der Waals surface area contributed by atoms with Gasteiger partial charge in [-0.3, -0.25) is 9.69 Å². The molecule has 2 atom stereocenters. The maximum absolute atomic E-state index is 14.0. The summed E-state index contributed by atoms with van der Waals surface area (Å²) >= 11 is 0. The third-order valence-corrected chi connectivity index (χ3v) is 4.40. The van der Waals surface area contributed by atoms with Crippen molar-refractivity contribution in [3.8, 4) is 5.75 Å². The molecule has 0 unspecified atom stereocenters. The summed E-state index contributed by atoms with van der Waals surface area (Å²) in [6, 6.07) is 3.76. The first-order chi connectivity index (χ1) is 11.7. The summed E-state index contributed by atoms with van der Waals surface area (Å²) in [5, 5.41) is 9.50. The summed E-state index contributed by atoms with van der Waals surface area (Å²) < 4.78 is 25.4. The number of rotatable bonds is 2. The van der Waals surface area contributed by atoms with Crippen LogP contribution in [-0.2, 0) is 19.8 Å². The van der Waals surface area contributed by atoms with Gasteiger partial charge >= 0.3 is 6.09 Å². The highest BCUT2D eigenvalue weighted by molar-refractivity contribution is 5.85. The highest BCUT2D eigenvalue weighted by Crippen LogP contribution is 2.48. The van der Waals surface area contributed by atoms with Gasteiger partial charge in [-0.05, 0) is 66.2 Å². The topological polar surface area (TPSA) is 76.1 Å². The van der Waals surface area contributed by atoms with Crippen molar-refractivity contribution in [3.05, 3.63) is 29.6 Å². The molecule has 0 radical (unpaired) electrons. The largest absolute Gasteiger partial charge is 0.505 e. The summed E-state index contributed by atoms with van der Waals surface area (Å²) in [7, 11) is 0. The van der Waals surface area contributed by atoms with E-state index in [4.69, 9.17) is 9.47 Å². The molecule has 0 saturated carbocycles. The molecule has 1 heterocycles. The van der Waals surface area contributed by atoms with Gasteiger partial charge in [0.25, 0.3) is 0 Å². The van der Waals surface area contributed by atoms with Gasteiger partial charge < -0.3 is 14.6 Å². The number of hydrogen-bond acceptors (Lipinski definition) is 5. The summed E-state index contributed by atoms with van der Waals surface area (Å²) in [5.74, 6) is -1.67. The second-order valence-electron chi connectivity index (χ2n) is 8.18. The molecule has 0 bridgehead atoms. The normalized spacial score (nSPS) is 25.2. The molecule has 1 amide bonds. The van der Waals surface area contributed by atoms with E-state index in [2.05, 4.69) is 0 Å². The first-order valence-corrected chi connectivity index (χ1v) is 8.41. The predicted octanol–water partition coefficient (Wildman–Crippen LogP) is 3.71. The fourth-order valence-corrected chi connectivity index (χ4v) is 3.43. The molecule has 2 rings (SSSR count). The molecule has 1 aromatic rings. The van der Waals surface area contributed by atoms with Gasteiger partial charge in [-0.2, -0.15) is 0 Å². The zero-order valence-electron chi connectivity index (χ0n) is 16.2. The standard InChI is InChI=1S/C19H26FNO5/c1-11(22)15-19(7,12-8-9-14(23)13(20)10-12)21(18(5,6)25-15)16(24)26-17(2,3)4/h8-10,15,23H,1-7H3/t15-,19-/m1/s1. The number of ether oxygens (including phenoxy) is 2. The third kappa shape index (κ3) is 3.40. The monoisotopic (exact) mass is 367 g/mol. The van der Waals surface area contributed by atoms with E-state index in [1.54, 1.807) is 41.5 Å². The molecule has 1 aromatic carbocycles. The molecule has 1 aliphatic heterocycles. The minimum absolute atomic E-state index is 0.305. The Morgan fingerprint density at radius 1 is 1.27 bits per heavy atom. The Balaban J connectivity index is 2.65. The van der Waals surface area contributed by atoms with E-state index in [9.17, 15) is 19.1 Å². The zero-order chi connectivity index (χ0) is 20.1. The van der Waals surface area contributed by atoms with Gasteiger partial charge in [-0.1, -0.05) is 6.07 Å². The quantitative estimate of drug-likeness (QED) is 0.862. The first-order valence-electron chi connectivity index (χ1n) is 8.41. The number of nitrogens with zero attached hydrogens (tertiary/aromatic N) is 1. The molecule has 1 saturated heterocycles. The van der Waals surface area contributed by atoms with E-state index in [1.807, 2.05) is 0 Å². The van der Waals surface area contributed by atoms with Crippen LogP contribution in [0.1, 0.15) is 54.0 Å². The van der Waals surface area contributed by atoms with E-state index < -0.39 is 40.6 Å². The average molecular weight is 367 g/mol. The van der Waals surface area contributed by atoms with Crippen LogP contribution in [0, 0.1) is 5.82 Å². The van der Waals surface area contributed by atoms with Gasteiger partial charge in [0.15, 0.2) is 17.3 Å². The maximum Gasteiger partial charge on any atom is 0.413 e. The fourth-order valence-electron chi connectivity index (χ4n) is 3.43. The van der Waals surface area contributed by atoms with Gasteiger partial charge in [-0.15, -0.1) is 0 Å². The number of Topliss-reactive ketones (excluding diaryl/α,β-unsaturated/α-hetero) is 1. The second kappa shape index (κ2) is 6.23. The number of ketones is 1. The van der Waals surface area contributed by atoms with Crippen molar-refractivity contribution in [3.63, 3.8) is 0 Å². The highest BCUT2D eigenvalue weighted by Gasteiger charge is 2.61. The zero-order valence-corrected chi connectivity index (χ0v) is 16.2. The molecular weight excluding hydrogens is 341 g/mol. The Bertz CT molecular complexity index is 740. The van der Waals surface area contributed by atoms with Crippen LogP contribution in [0.5, 0.6) is 5.75 Å². The summed E-state index contributed by atoms with van der Waals surface area (Å²) in [6.07, 6.45) is -1.70. The van der Waals surface area contributed by atoms with Gasteiger partial charge in [0.1, 0.15) is 23.0 Å². The average Bonchev–Trinajstić information content (AvgIpc) is 2.67. The lowest BCUT2D eigenvalue weighted by atomic mass is 9.83. The Morgan fingerprint density at radius 2 is 1.85 bits per heavy atom. The molecule has 1 fully saturated rings. The van der Waals surface area contributed by atoms with Crippen LogP contribution in [0.3, 0.4) is 0 Å². The molecule has 0 spiro atoms. The number of benzene rings is 1. The van der Waals surface area contributed by atoms with Crippen molar-refractivity contribution < 1.29 is 28.6 Å². The Labute approximate surface area is 152 Å². The van der Waals surface area contributed by atoms with Crippen molar-refractivity contribution in [2.45, 2.75) is 71.4 Å². The molecule has 6 nitrogen and oxygen atoms in total. The van der Waals surface area contributed by atoms with Crippen molar-refractivity contribution in [2.24, 2.45) is 0 Å². The van der Waals surface area contributed by atoms with Crippen LogP contribution < -0.4 is 0 Å². The molecule has 7 heteroatoms. The molecule has 26 heavy (non-hydrogen) atoms. The van der Waals surface area contributed by atoms with Gasteiger partial charge in [-0.25, -0.2) is 9.18 Å². The molecule has 1 aliphatic rings. The van der Waals surface area contributed by atoms with Gasteiger partial charge in [0.2, 0.25) is 0 Å². The SMILES string of the molecule is CC(=O)[C@H]1OC(C)(C)N(C(=O)OC(C)(C)C)[C@]1(C)c1ccc(O)c(F)c1. The van der Waals surface area contributed by atoms with E-state index >= 15 is 0 Å². The van der Waals surface area contributed by atoms with E-state index in [0.717, 1.165) is 6.07 Å². The van der Waals surface area contributed by atoms with Crippen molar-refractivity contribution in [2.75, 3.05) is 0 Å². The van der Waals surface area contributed by atoms with Crippen LogP contribution in [0.2, 0.25) is 0 Å². The summed E-state index contributed by atoms with van der Waals surface area (Å²) in [6.45, 7) is 11.5. The first kappa shape index (κ1) is 20.2. The molecule has 0 aromatic heterocycles. The smallest absolute Gasteiger partial charge is 0.413 e. The number of halogens is 1. The minimum atomic E-state index is -1.31. The lowest BCUT2D eigenvalue weighted by Gasteiger charge is -2.41. The van der Waals surface area contributed by atoms with Crippen LogP contribution >= 0.6 is 0 Å². The minimum Gasteiger partial charge on any atom is -0.505 e. The molecule has 144 valence electrons. The fraction of sp³-hybridized carbons (Fsp3) is 0.579. The molecular formula is C19H26FNO5. The Morgan fingerprint density at radius 3 is 2.31 bits per heavy atom. The Kier molecular flexibility index (Phi) is 4.83. The van der Waals surface area contributed by atoms with Crippen molar-refractivity contribution in [1.82, 2.24) is 4.90 Å². The number of aromatic hydroxyl groups is 1. The lowest BCUT2D eigenvalue weighted by molar-refractivity contribution is -0.134. The van der Waals surface area contributed by atoms with Crippen LogP contribution in [0.4, 0.5) is 9.18 Å². The van der Waals surface area contributed by atoms with Gasteiger partial charge in [0, 0.05) is 0 Å². The number of carbonyl (C=O) groups excluding carboxylic acids is 2. The highest BCUT2D eigenvalue weighted by atomic mass is 19.1. The maximum atomic E-state index is 14.0.